The number of aliphatic hydroxyl groups excluding tert-OH is 1. The lowest BCUT2D eigenvalue weighted by atomic mass is 9.82. The summed E-state index contributed by atoms with van der Waals surface area (Å²) >= 11 is 0. The molecule has 2 amide bonds. The number of aryl methyl sites for hydroxylation is 2. The second kappa shape index (κ2) is 15.9. The second-order valence-electron chi connectivity index (χ2n) is 16.9. The number of benzene rings is 5. The number of ether oxygens (including phenoxy) is 2. The van der Waals surface area contributed by atoms with Crippen LogP contribution in [0.5, 0.6) is 5.75 Å². The van der Waals surface area contributed by atoms with E-state index in [-0.39, 0.29) is 41.9 Å². The van der Waals surface area contributed by atoms with E-state index in [4.69, 9.17) is 9.47 Å². The Morgan fingerprint density at radius 3 is 2.30 bits per heavy atom. The summed E-state index contributed by atoms with van der Waals surface area (Å²) in [6.07, 6.45) is 3.49. The molecule has 0 saturated carbocycles. The normalized spacial score (nSPS) is 21.6. The van der Waals surface area contributed by atoms with Gasteiger partial charge in [0.15, 0.2) is 5.60 Å². The predicted octanol–water partition coefficient (Wildman–Crippen LogP) is 7.87. The number of carbonyl (C=O) groups is 2. The number of nitrogens with zero attached hydrogens (tertiary/aromatic N) is 5. The fourth-order valence-corrected chi connectivity index (χ4v) is 14.3. The predicted molar refractivity (Wildman–Crippen MR) is 236 cm³/mol. The minimum Gasteiger partial charge on any atom is -0.497 e. The number of aliphatic hydroxyl groups is 1. The minimum absolute atomic E-state index is 0.0517. The maximum absolute atomic E-state index is 15.3. The zero-order valence-electron chi connectivity index (χ0n) is 34.6. The van der Waals surface area contributed by atoms with E-state index in [2.05, 4.69) is 54.6 Å². The highest BCUT2D eigenvalue weighted by Gasteiger charge is 2.66. The Morgan fingerprint density at radius 1 is 0.867 bits per heavy atom. The van der Waals surface area contributed by atoms with E-state index in [1.807, 2.05) is 124 Å². The van der Waals surface area contributed by atoms with E-state index < -0.39 is 13.7 Å². The SMILES string of the molecule is COc1ccc([Si](C)(C)[C@H]2[C@H](CCn3cc(C(CO)c4ccccc4)nn3)O[C@@]3(C(=O)N(Cc4ccc(N5C(=O)CCc6ccccc65)cc4)c4ccccc43)[C@@H]2C)cc1. The highest BCUT2D eigenvalue weighted by atomic mass is 28.3. The summed E-state index contributed by atoms with van der Waals surface area (Å²) in [5, 5.41) is 20.6. The second-order valence-corrected chi connectivity index (χ2v) is 21.6. The maximum Gasteiger partial charge on any atom is 0.264 e. The van der Waals surface area contributed by atoms with Gasteiger partial charge >= 0.3 is 0 Å². The number of hydrogen-bond acceptors (Lipinski definition) is 7. The molecular weight excluding hydrogens is 767 g/mol. The molecule has 5 atom stereocenters. The lowest BCUT2D eigenvalue weighted by Gasteiger charge is -2.37. The Kier molecular flexibility index (Phi) is 10.5. The monoisotopic (exact) mass is 817 g/mol. The van der Waals surface area contributed by atoms with Crippen LogP contribution in [0.25, 0.3) is 0 Å². The van der Waals surface area contributed by atoms with E-state index in [1.54, 1.807) is 7.11 Å². The average Bonchev–Trinajstić information content (AvgIpc) is 3.94. The third-order valence-electron chi connectivity index (χ3n) is 13.3. The molecule has 4 heterocycles. The zero-order valence-corrected chi connectivity index (χ0v) is 35.6. The van der Waals surface area contributed by atoms with Crippen LogP contribution < -0.4 is 19.7 Å². The van der Waals surface area contributed by atoms with Crippen LogP contribution >= 0.6 is 0 Å². The number of rotatable bonds is 12. The maximum atomic E-state index is 15.3. The molecule has 1 N–H and O–H groups in total. The van der Waals surface area contributed by atoms with Crippen molar-refractivity contribution in [1.29, 1.82) is 0 Å². The third kappa shape index (κ3) is 6.74. The van der Waals surface area contributed by atoms with Crippen molar-refractivity contribution in [3.63, 3.8) is 0 Å². The van der Waals surface area contributed by atoms with Crippen LogP contribution in [0.4, 0.5) is 17.1 Å². The van der Waals surface area contributed by atoms with Gasteiger partial charge in [-0.15, -0.1) is 5.10 Å². The van der Waals surface area contributed by atoms with Gasteiger partial charge in [-0.25, -0.2) is 0 Å². The first kappa shape index (κ1) is 39.6. The fraction of sp³-hybridized carbons (Fsp3) is 0.306. The number of aromatic nitrogens is 3. The third-order valence-corrected chi connectivity index (χ3v) is 17.7. The molecule has 1 unspecified atom stereocenters. The largest absolute Gasteiger partial charge is 0.497 e. The van der Waals surface area contributed by atoms with Crippen LogP contribution in [0.2, 0.25) is 18.6 Å². The number of carbonyl (C=O) groups excluding carboxylic acids is 2. The smallest absolute Gasteiger partial charge is 0.264 e. The Hall–Kier alpha value is -5.88. The zero-order chi connectivity index (χ0) is 41.6. The molecule has 0 aliphatic carbocycles. The van der Waals surface area contributed by atoms with Crippen molar-refractivity contribution in [3.8, 4) is 5.75 Å². The van der Waals surface area contributed by atoms with Gasteiger partial charge in [-0.3, -0.25) is 19.2 Å². The van der Waals surface area contributed by atoms with Crippen molar-refractivity contribution in [2.24, 2.45) is 5.92 Å². The molecule has 0 radical (unpaired) electrons. The minimum atomic E-state index is -2.37. The first-order valence-electron chi connectivity index (χ1n) is 20.9. The lowest BCUT2D eigenvalue weighted by Crippen LogP contribution is -2.51. The summed E-state index contributed by atoms with van der Waals surface area (Å²) in [7, 11) is -0.684. The van der Waals surface area contributed by atoms with Crippen molar-refractivity contribution in [3.05, 3.63) is 162 Å². The molecule has 0 bridgehead atoms. The van der Waals surface area contributed by atoms with E-state index >= 15 is 4.79 Å². The van der Waals surface area contributed by atoms with Crippen LogP contribution in [-0.4, -0.2) is 59.8 Å². The Bertz CT molecular complexity index is 2510. The Labute approximate surface area is 352 Å². The van der Waals surface area contributed by atoms with Gasteiger partial charge < -0.3 is 19.5 Å². The van der Waals surface area contributed by atoms with Crippen LogP contribution in [0.3, 0.4) is 0 Å². The molecule has 306 valence electrons. The molecule has 60 heavy (non-hydrogen) atoms. The average molecular weight is 818 g/mol. The lowest BCUT2D eigenvalue weighted by molar-refractivity contribution is -0.146. The highest BCUT2D eigenvalue weighted by Crippen LogP contribution is 2.60. The summed E-state index contributed by atoms with van der Waals surface area (Å²) in [6.45, 7) is 7.81. The molecule has 1 spiro atoms. The standard InChI is InChI=1S/C49H51N5O5Si/c1-33-47(60(3,4)39-25-23-38(58-2)24-26-39)45(28-29-52-31-42(50-51-52)40(32-55)35-12-6-5-7-13-35)59-49(33)41-15-9-11-17-44(41)53(48(49)57)30-34-18-21-37(22-19-34)54-43-16-10-8-14-36(43)20-27-46(54)56/h5-19,21-26,31,33,40,45,47,55H,20,27-30,32H2,1-4H3/t33-,40?,45+,47-,49+/m1/s1. The molecule has 3 aliphatic heterocycles. The molecule has 1 aromatic heterocycles. The summed E-state index contributed by atoms with van der Waals surface area (Å²) < 4.78 is 14.8. The number of hydrogen-bond donors (Lipinski definition) is 1. The first-order valence-corrected chi connectivity index (χ1v) is 24.0. The number of amides is 2. The van der Waals surface area contributed by atoms with Crippen molar-refractivity contribution in [2.45, 2.75) is 75.5 Å². The molecule has 5 aromatic carbocycles. The van der Waals surface area contributed by atoms with Crippen molar-refractivity contribution in [1.82, 2.24) is 15.0 Å². The molecule has 6 aromatic rings. The van der Waals surface area contributed by atoms with Gasteiger partial charge in [0.2, 0.25) is 5.91 Å². The van der Waals surface area contributed by atoms with Gasteiger partial charge in [-0.1, -0.05) is 121 Å². The fourth-order valence-electron chi connectivity index (χ4n) is 10.2. The van der Waals surface area contributed by atoms with E-state index in [1.165, 1.54) is 5.19 Å². The molecule has 1 fully saturated rings. The number of para-hydroxylation sites is 2. The van der Waals surface area contributed by atoms with E-state index in [9.17, 15) is 9.90 Å². The van der Waals surface area contributed by atoms with Gasteiger partial charge in [0.05, 0.1) is 57.4 Å². The summed E-state index contributed by atoms with van der Waals surface area (Å²) in [5.41, 5.74) is 6.19. The van der Waals surface area contributed by atoms with Gasteiger partial charge in [-0.05, 0) is 71.5 Å². The number of anilines is 3. The van der Waals surface area contributed by atoms with E-state index in [0.717, 1.165) is 51.5 Å². The molecule has 11 heteroatoms. The highest BCUT2D eigenvalue weighted by molar-refractivity contribution is 6.91. The van der Waals surface area contributed by atoms with Crippen LogP contribution in [-0.2, 0) is 39.4 Å². The molecule has 3 aliphatic rings. The summed E-state index contributed by atoms with van der Waals surface area (Å²) in [4.78, 5) is 32.2. The first-order chi connectivity index (χ1) is 29.1. The van der Waals surface area contributed by atoms with Crippen LogP contribution in [0, 0.1) is 5.92 Å². The molecule has 1 saturated heterocycles. The van der Waals surface area contributed by atoms with Crippen molar-refractivity contribution < 1.29 is 24.2 Å². The van der Waals surface area contributed by atoms with Crippen LogP contribution in [0.15, 0.2) is 134 Å². The quantitative estimate of drug-likeness (QED) is 0.125. The van der Waals surface area contributed by atoms with Gasteiger partial charge in [0.25, 0.3) is 5.91 Å². The number of methoxy groups -OCH3 is 1. The molecule has 10 nitrogen and oxygen atoms in total. The van der Waals surface area contributed by atoms with Gasteiger partial charge in [0, 0.05) is 36.3 Å². The van der Waals surface area contributed by atoms with Gasteiger partial charge in [-0.2, -0.15) is 0 Å². The summed E-state index contributed by atoms with van der Waals surface area (Å²) in [6, 6.07) is 42.5. The number of fused-ring (bicyclic) bond motifs is 3. The van der Waals surface area contributed by atoms with Gasteiger partial charge in [0.1, 0.15) is 5.75 Å². The molecule has 9 rings (SSSR count). The summed E-state index contributed by atoms with van der Waals surface area (Å²) in [5.74, 6) is 0.404. The van der Waals surface area contributed by atoms with Crippen LogP contribution in [0.1, 0.15) is 53.6 Å². The van der Waals surface area contributed by atoms with Crippen molar-refractivity contribution in [2.75, 3.05) is 23.5 Å². The van der Waals surface area contributed by atoms with E-state index in [0.29, 0.717) is 31.6 Å². The Morgan fingerprint density at radius 2 is 1.57 bits per heavy atom. The Balaban J connectivity index is 1.03. The molecular formula is C49H51N5O5Si. The van der Waals surface area contributed by atoms with Crippen molar-refractivity contribution >= 4 is 42.1 Å². The topological polar surface area (TPSA) is 110 Å².